The minimum Gasteiger partial charge on any atom is -0.298 e. The molecule has 2 aliphatic rings. The van der Waals surface area contributed by atoms with E-state index in [0.717, 1.165) is 41.8 Å². The van der Waals surface area contributed by atoms with Crippen LogP contribution in [0.25, 0.3) is 11.3 Å². The highest BCUT2D eigenvalue weighted by Crippen LogP contribution is 2.40. The average Bonchev–Trinajstić information content (AvgIpc) is 3.31. The van der Waals surface area contributed by atoms with E-state index in [-0.39, 0.29) is 16.8 Å². The van der Waals surface area contributed by atoms with Gasteiger partial charge >= 0.3 is 0 Å². The number of nitrogens with one attached hydrogen (secondary N) is 1. The summed E-state index contributed by atoms with van der Waals surface area (Å²) in [6.45, 7) is 2.49. The lowest BCUT2D eigenvalue weighted by molar-refractivity contribution is 0.102. The Kier molecular flexibility index (Phi) is 5.16. The van der Waals surface area contributed by atoms with E-state index in [0.29, 0.717) is 17.2 Å². The summed E-state index contributed by atoms with van der Waals surface area (Å²) >= 11 is 1.48. The Labute approximate surface area is 186 Å². The van der Waals surface area contributed by atoms with Crippen molar-refractivity contribution >= 4 is 32.4 Å². The van der Waals surface area contributed by atoms with Crippen LogP contribution >= 0.6 is 11.3 Å². The largest absolute Gasteiger partial charge is 0.298 e. The molecule has 1 aliphatic heterocycles. The number of aromatic nitrogens is 1. The third-order valence-corrected chi connectivity index (χ3v) is 9.01. The molecular weight excluding hydrogens is 430 g/mol. The van der Waals surface area contributed by atoms with Gasteiger partial charge in [-0.25, -0.2) is 13.4 Å². The van der Waals surface area contributed by atoms with Crippen LogP contribution in [0, 0.1) is 0 Å². The maximum Gasteiger partial charge on any atom is 0.257 e. The first-order valence-corrected chi connectivity index (χ1v) is 12.7. The molecule has 0 radical (unpaired) electrons. The summed E-state index contributed by atoms with van der Waals surface area (Å²) < 4.78 is 27.5. The molecule has 0 bridgehead atoms. The molecule has 31 heavy (non-hydrogen) atoms. The maximum atomic E-state index is 13.0. The highest BCUT2D eigenvalue weighted by atomic mass is 32.2. The van der Waals surface area contributed by atoms with Crippen molar-refractivity contribution in [3.63, 3.8) is 0 Å². The van der Waals surface area contributed by atoms with E-state index < -0.39 is 10.0 Å². The first kappa shape index (κ1) is 20.4. The van der Waals surface area contributed by atoms with Gasteiger partial charge < -0.3 is 0 Å². The van der Waals surface area contributed by atoms with Crippen LogP contribution in [0.1, 0.15) is 47.0 Å². The zero-order valence-electron chi connectivity index (χ0n) is 17.2. The fourth-order valence-electron chi connectivity index (χ4n) is 4.33. The van der Waals surface area contributed by atoms with Gasteiger partial charge in [0.15, 0.2) is 5.13 Å². The predicted molar refractivity (Wildman–Crippen MR) is 122 cm³/mol. The number of rotatable bonds is 4. The molecule has 1 fully saturated rings. The Morgan fingerprint density at radius 2 is 1.90 bits per heavy atom. The lowest BCUT2D eigenvalue weighted by Gasteiger charge is -2.32. The number of fused-ring (bicyclic) bond motifs is 3. The minimum atomic E-state index is -3.55. The number of carbonyl (C=O) groups is 1. The van der Waals surface area contributed by atoms with E-state index in [1.54, 1.807) is 16.4 Å². The molecule has 1 atom stereocenters. The molecule has 2 aromatic carbocycles. The average molecular weight is 454 g/mol. The van der Waals surface area contributed by atoms with Crippen LogP contribution in [-0.2, 0) is 16.4 Å². The second-order valence-corrected chi connectivity index (χ2v) is 11.0. The topological polar surface area (TPSA) is 79.4 Å². The smallest absolute Gasteiger partial charge is 0.257 e. The third kappa shape index (κ3) is 3.69. The van der Waals surface area contributed by atoms with Gasteiger partial charge in [0.2, 0.25) is 10.0 Å². The fraction of sp³-hybridized carbons (Fsp3) is 0.304. The molecule has 0 spiro atoms. The van der Waals surface area contributed by atoms with Crippen molar-refractivity contribution in [2.45, 2.75) is 43.5 Å². The van der Waals surface area contributed by atoms with E-state index in [2.05, 4.69) is 22.4 Å². The summed E-state index contributed by atoms with van der Waals surface area (Å²) in [7, 11) is -3.55. The number of amides is 1. The highest BCUT2D eigenvalue weighted by molar-refractivity contribution is 7.89. The maximum absolute atomic E-state index is 13.0. The zero-order valence-corrected chi connectivity index (χ0v) is 18.8. The normalized spacial score (nSPS) is 18.4. The number of nitrogens with zero attached hydrogens (tertiary/aromatic N) is 2. The van der Waals surface area contributed by atoms with Gasteiger partial charge in [-0.2, -0.15) is 4.31 Å². The number of anilines is 1. The SMILES string of the molecule is C[C@@H]1CCCCN1S(=O)(=O)c1ccc(C(=O)Nc2nc3c(s2)Cc2ccccc2-3)cc1. The van der Waals surface area contributed by atoms with Crippen LogP contribution in [0.15, 0.2) is 53.4 Å². The van der Waals surface area contributed by atoms with Crippen LogP contribution in [0.4, 0.5) is 5.13 Å². The number of carbonyl (C=O) groups excluding carboxylic acids is 1. The van der Waals surface area contributed by atoms with E-state index in [9.17, 15) is 13.2 Å². The summed E-state index contributed by atoms with van der Waals surface area (Å²) in [4.78, 5) is 18.7. The molecule has 3 aromatic rings. The molecule has 1 aliphatic carbocycles. The number of hydrogen-bond donors (Lipinski definition) is 1. The summed E-state index contributed by atoms with van der Waals surface area (Å²) in [6.07, 6.45) is 3.65. The molecule has 6 nitrogen and oxygen atoms in total. The molecular formula is C23H23N3O3S2. The van der Waals surface area contributed by atoms with E-state index in [1.165, 1.54) is 29.0 Å². The number of hydrogen-bond acceptors (Lipinski definition) is 5. The Morgan fingerprint density at radius 1 is 1.13 bits per heavy atom. The van der Waals surface area contributed by atoms with Crippen molar-refractivity contribution in [1.29, 1.82) is 0 Å². The van der Waals surface area contributed by atoms with Gasteiger partial charge in [-0.15, -0.1) is 11.3 Å². The summed E-state index contributed by atoms with van der Waals surface area (Å²) in [6, 6.07) is 14.3. The highest BCUT2D eigenvalue weighted by Gasteiger charge is 2.31. The van der Waals surface area contributed by atoms with Gasteiger partial charge in [0.25, 0.3) is 5.91 Å². The van der Waals surface area contributed by atoms with Crippen molar-refractivity contribution in [3.05, 3.63) is 64.5 Å². The lowest BCUT2D eigenvalue weighted by Crippen LogP contribution is -2.41. The number of sulfonamides is 1. The monoisotopic (exact) mass is 453 g/mol. The van der Waals surface area contributed by atoms with Crippen molar-refractivity contribution in [3.8, 4) is 11.3 Å². The molecule has 8 heteroatoms. The Morgan fingerprint density at radius 3 is 2.68 bits per heavy atom. The van der Waals surface area contributed by atoms with Crippen LogP contribution < -0.4 is 5.32 Å². The van der Waals surface area contributed by atoms with Gasteiger partial charge in [-0.3, -0.25) is 10.1 Å². The first-order chi connectivity index (χ1) is 14.9. The van der Waals surface area contributed by atoms with Crippen LogP contribution in [0.3, 0.4) is 0 Å². The molecule has 2 heterocycles. The number of thiazole rings is 1. The van der Waals surface area contributed by atoms with E-state index >= 15 is 0 Å². The fourth-order valence-corrected chi connectivity index (χ4v) is 7.02. The number of benzene rings is 2. The molecule has 160 valence electrons. The molecule has 1 aromatic heterocycles. The third-order valence-electron chi connectivity index (χ3n) is 6.01. The number of piperidine rings is 1. The van der Waals surface area contributed by atoms with Crippen molar-refractivity contribution < 1.29 is 13.2 Å². The zero-order chi connectivity index (χ0) is 21.6. The molecule has 1 saturated heterocycles. The standard InChI is InChI=1S/C23H23N3O3S2/c1-15-6-4-5-13-26(15)31(28,29)18-11-9-16(10-12-18)22(27)25-23-24-21-19-8-3-2-7-17(19)14-20(21)30-23/h2-3,7-12,15H,4-6,13-14H2,1H3,(H,24,25,27)/t15-/m1/s1. The molecule has 0 saturated carbocycles. The van der Waals surface area contributed by atoms with Crippen LogP contribution in [0.5, 0.6) is 0 Å². The second-order valence-electron chi connectivity index (χ2n) is 8.06. The Hall–Kier alpha value is -2.55. The second kappa shape index (κ2) is 7.85. The van der Waals surface area contributed by atoms with Crippen molar-refractivity contribution in [2.24, 2.45) is 0 Å². The van der Waals surface area contributed by atoms with E-state index in [1.807, 2.05) is 19.1 Å². The van der Waals surface area contributed by atoms with Gasteiger partial charge in [0.05, 0.1) is 10.6 Å². The summed E-state index contributed by atoms with van der Waals surface area (Å²) in [5.41, 5.74) is 3.72. The first-order valence-electron chi connectivity index (χ1n) is 10.4. The minimum absolute atomic E-state index is 0.00119. The van der Waals surface area contributed by atoms with Crippen molar-refractivity contribution in [2.75, 3.05) is 11.9 Å². The Bertz CT molecular complexity index is 1250. The van der Waals surface area contributed by atoms with Crippen LogP contribution in [-0.4, -0.2) is 36.2 Å². The molecule has 1 amide bonds. The van der Waals surface area contributed by atoms with Gasteiger partial charge in [-0.05, 0) is 49.6 Å². The predicted octanol–water partition coefficient (Wildman–Crippen LogP) is 4.53. The van der Waals surface area contributed by atoms with Crippen molar-refractivity contribution in [1.82, 2.24) is 9.29 Å². The quantitative estimate of drug-likeness (QED) is 0.492. The van der Waals surface area contributed by atoms with Gasteiger partial charge in [0, 0.05) is 35.0 Å². The van der Waals surface area contributed by atoms with Crippen LogP contribution in [0.2, 0.25) is 0 Å². The Balaban J connectivity index is 1.32. The molecule has 0 unspecified atom stereocenters. The molecule has 5 rings (SSSR count). The summed E-state index contributed by atoms with van der Waals surface area (Å²) in [5.74, 6) is -0.295. The van der Waals surface area contributed by atoms with Gasteiger partial charge in [0.1, 0.15) is 0 Å². The lowest BCUT2D eigenvalue weighted by atomic mass is 10.1. The van der Waals surface area contributed by atoms with Gasteiger partial charge in [-0.1, -0.05) is 30.7 Å². The van der Waals surface area contributed by atoms with E-state index in [4.69, 9.17) is 0 Å². The molecule has 1 N–H and O–H groups in total. The summed E-state index contributed by atoms with van der Waals surface area (Å²) in [5, 5.41) is 3.41.